The van der Waals surface area contributed by atoms with E-state index in [0.29, 0.717) is 12.5 Å². The molecule has 96 valence electrons. The van der Waals surface area contributed by atoms with Crippen LogP contribution in [-0.4, -0.2) is 47.3 Å². The van der Waals surface area contributed by atoms with Gasteiger partial charge < -0.3 is 5.11 Å². The smallest absolute Gasteiger partial charge is 0.322 e. The molecule has 1 atom stereocenters. The van der Waals surface area contributed by atoms with E-state index >= 15 is 0 Å². The highest BCUT2D eigenvalue weighted by atomic mass is 16.4. The van der Waals surface area contributed by atoms with E-state index < -0.39 is 5.97 Å². The van der Waals surface area contributed by atoms with Crippen LogP contribution in [0.25, 0.3) is 0 Å². The summed E-state index contributed by atoms with van der Waals surface area (Å²) in [6, 6.07) is -0.380. The average molecular weight is 238 g/mol. The van der Waals surface area contributed by atoms with E-state index in [1.807, 2.05) is 30.9 Å². The van der Waals surface area contributed by atoms with E-state index in [9.17, 15) is 4.79 Å². The Balaban J connectivity index is 2.56. The SMILES string of the molecule is CC(C)C#CCN(C)N1CCCCC1C(=O)O. The van der Waals surface area contributed by atoms with Crippen LogP contribution in [0.1, 0.15) is 33.1 Å². The molecule has 0 spiro atoms. The van der Waals surface area contributed by atoms with Crippen LogP contribution in [0.15, 0.2) is 0 Å². The van der Waals surface area contributed by atoms with Gasteiger partial charge in [0, 0.05) is 19.5 Å². The number of aliphatic carboxylic acids is 1. The number of hydrogen-bond donors (Lipinski definition) is 1. The maximum Gasteiger partial charge on any atom is 0.322 e. The zero-order chi connectivity index (χ0) is 12.8. The standard InChI is InChI=1S/C13H22N2O2/c1-11(2)7-6-9-14(3)15-10-5-4-8-12(15)13(16)17/h11-12H,4-5,8-10H2,1-3H3,(H,16,17). The molecule has 1 aliphatic heterocycles. The molecule has 1 heterocycles. The van der Waals surface area contributed by atoms with Crippen molar-refractivity contribution in [3.63, 3.8) is 0 Å². The van der Waals surface area contributed by atoms with E-state index in [1.54, 1.807) is 0 Å². The van der Waals surface area contributed by atoms with Crippen molar-refractivity contribution in [3.8, 4) is 11.8 Å². The summed E-state index contributed by atoms with van der Waals surface area (Å²) < 4.78 is 0. The molecule has 1 fully saturated rings. The lowest BCUT2D eigenvalue weighted by Crippen LogP contribution is -2.52. The van der Waals surface area contributed by atoms with Crippen molar-refractivity contribution in [3.05, 3.63) is 0 Å². The largest absolute Gasteiger partial charge is 0.480 e. The summed E-state index contributed by atoms with van der Waals surface area (Å²) in [6.07, 6.45) is 2.79. The molecule has 0 aromatic rings. The molecule has 4 nitrogen and oxygen atoms in total. The molecule has 0 amide bonds. The van der Waals surface area contributed by atoms with Crippen molar-refractivity contribution in [2.75, 3.05) is 20.1 Å². The first-order chi connectivity index (χ1) is 8.02. The number of rotatable bonds is 3. The fourth-order valence-corrected chi connectivity index (χ4v) is 2.03. The van der Waals surface area contributed by atoms with Gasteiger partial charge in [-0.15, -0.1) is 0 Å². The predicted molar refractivity (Wildman–Crippen MR) is 67.2 cm³/mol. The Kier molecular flexibility index (Phi) is 5.46. The van der Waals surface area contributed by atoms with Gasteiger partial charge in [-0.25, -0.2) is 10.0 Å². The van der Waals surface area contributed by atoms with E-state index in [2.05, 4.69) is 11.8 Å². The third-order valence-electron chi connectivity index (χ3n) is 2.90. The number of piperidine rings is 1. The molecule has 1 unspecified atom stereocenters. The summed E-state index contributed by atoms with van der Waals surface area (Å²) in [4.78, 5) is 11.1. The number of carboxylic acids is 1. The minimum absolute atomic E-state index is 0.361. The van der Waals surface area contributed by atoms with Gasteiger partial charge in [0.1, 0.15) is 6.04 Å². The summed E-state index contributed by atoms with van der Waals surface area (Å²) in [5, 5.41) is 13.0. The monoisotopic (exact) mass is 238 g/mol. The molecule has 0 aromatic heterocycles. The number of carbonyl (C=O) groups is 1. The average Bonchev–Trinajstić information content (AvgIpc) is 2.28. The van der Waals surface area contributed by atoms with Gasteiger partial charge in [-0.05, 0) is 19.3 Å². The second-order valence-corrected chi connectivity index (χ2v) is 4.80. The Labute approximate surface area is 104 Å². The molecule has 0 aliphatic carbocycles. The molecule has 1 saturated heterocycles. The first kappa shape index (κ1) is 14.0. The molecule has 1 aliphatic rings. The van der Waals surface area contributed by atoms with Crippen molar-refractivity contribution in [1.82, 2.24) is 10.0 Å². The van der Waals surface area contributed by atoms with Crippen LogP contribution in [0.5, 0.6) is 0 Å². The fraction of sp³-hybridized carbons (Fsp3) is 0.769. The molecule has 17 heavy (non-hydrogen) atoms. The van der Waals surface area contributed by atoms with E-state index in [4.69, 9.17) is 5.11 Å². The normalized spacial score (nSPS) is 21.4. The molecule has 1 rings (SSSR count). The third-order valence-corrected chi connectivity index (χ3v) is 2.90. The second-order valence-electron chi connectivity index (χ2n) is 4.80. The number of carboxylic acid groups (broad SMARTS) is 1. The van der Waals surface area contributed by atoms with Gasteiger partial charge >= 0.3 is 5.97 Å². The Morgan fingerprint density at radius 3 is 2.82 bits per heavy atom. The maximum atomic E-state index is 11.1. The molecule has 0 radical (unpaired) electrons. The Morgan fingerprint density at radius 1 is 1.53 bits per heavy atom. The molecule has 0 saturated carbocycles. The number of hydrogen-bond acceptors (Lipinski definition) is 3. The van der Waals surface area contributed by atoms with Gasteiger partial charge in [0.2, 0.25) is 0 Å². The topological polar surface area (TPSA) is 43.8 Å². The van der Waals surface area contributed by atoms with E-state index in [1.165, 1.54) is 0 Å². The van der Waals surface area contributed by atoms with Crippen LogP contribution >= 0.6 is 0 Å². The highest BCUT2D eigenvalue weighted by Gasteiger charge is 2.30. The van der Waals surface area contributed by atoms with Crippen LogP contribution < -0.4 is 0 Å². The molecular formula is C13H22N2O2. The first-order valence-electron chi connectivity index (χ1n) is 6.21. The van der Waals surface area contributed by atoms with Crippen LogP contribution in [0.4, 0.5) is 0 Å². The van der Waals surface area contributed by atoms with Crippen molar-refractivity contribution < 1.29 is 9.90 Å². The Morgan fingerprint density at radius 2 is 2.24 bits per heavy atom. The van der Waals surface area contributed by atoms with Crippen LogP contribution in [0, 0.1) is 17.8 Å². The predicted octanol–water partition coefficient (Wildman–Crippen LogP) is 1.43. The highest BCUT2D eigenvalue weighted by molar-refractivity contribution is 5.73. The molecular weight excluding hydrogens is 216 g/mol. The van der Waals surface area contributed by atoms with Gasteiger partial charge in [-0.3, -0.25) is 4.79 Å². The molecule has 0 aromatic carbocycles. The maximum absolute atomic E-state index is 11.1. The Hall–Kier alpha value is -1.05. The zero-order valence-corrected chi connectivity index (χ0v) is 10.9. The second kappa shape index (κ2) is 6.63. The number of nitrogens with zero attached hydrogens (tertiary/aromatic N) is 2. The van der Waals surface area contributed by atoms with E-state index in [-0.39, 0.29) is 6.04 Å². The number of hydrazine groups is 1. The van der Waals surface area contributed by atoms with Gasteiger partial charge in [0.25, 0.3) is 0 Å². The van der Waals surface area contributed by atoms with Gasteiger partial charge in [0.15, 0.2) is 0 Å². The molecule has 1 N–H and O–H groups in total. The summed E-state index contributed by atoms with van der Waals surface area (Å²) in [5.41, 5.74) is 0. The van der Waals surface area contributed by atoms with Gasteiger partial charge in [-0.1, -0.05) is 25.7 Å². The van der Waals surface area contributed by atoms with Crippen LogP contribution in [0.2, 0.25) is 0 Å². The minimum atomic E-state index is -0.728. The van der Waals surface area contributed by atoms with Crippen molar-refractivity contribution in [2.45, 2.75) is 39.2 Å². The van der Waals surface area contributed by atoms with Crippen LogP contribution in [0.3, 0.4) is 0 Å². The van der Waals surface area contributed by atoms with Crippen molar-refractivity contribution >= 4 is 5.97 Å². The van der Waals surface area contributed by atoms with Gasteiger partial charge in [0.05, 0.1) is 6.54 Å². The quantitative estimate of drug-likeness (QED) is 0.755. The highest BCUT2D eigenvalue weighted by Crippen LogP contribution is 2.18. The summed E-state index contributed by atoms with van der Waals surface area (Å²) in [5.74, 6) is 5.81. The lowest BCUT2D eigenvalue weighted by Gasteiger charge is -2.38. The summed E-state index contributed by atoms with van der Waals surface area (Å²) in [6.45, 7) is 5.51. The first-order valence-corrected chi connectivity index (χ1v) is 6.21. The summed E-state index contributed by atoms with van der Waals surface area (Å²) in [7, 11) is 1.91. The molecule has 4 heteroatoms. The van der Waals surface area contributed by atoms with Gasteiger partial charge in [-0.2, -0.15) is 0 Å². The Bertz CT molecular complexity index is 317. The van der Waals surface area contributed by atoms with Crippen molar-refractivity contribution in [2.24, 2.45) is 5.92 Å². The minimum Gasteiger partial charge on any atom is -0.480 e. The lowest BCUT2D eigenvalue weighted by atomic mass is 10.0. The zero-order valence-electron chi connectivity index (χ0n) is 10.9. The fourth-order valence-electron chi connectivity index (χ4n) is 2.03. The van der Waals surface area contributed by atoms with Crippen LogP contribution in [-0.2, 0) is 4.79 Å². The molecule has 0 bridgehead atoms. The lowest BCUT2D eigenvalue weighted by molar-refractivity contribution is -0.154. The summed E-state index contributed by atoms with van der Waals surface area (Å²) >= 11 is 0. The third kappa shape index (κ3) is 4.37. The van der Waals surface area contributed by atoms with Crippen molar-refractivity contribution in [1.29, 1.82) is 0 Å². The van der Waals surface area contributed by atoms with E-state index in [0.717, 1.165) is 25.8 Å².